The molecule has 0 aliphatic rings. The van der Waals surface area contributed by atoms with Crippen LogP contribution in [-0.4, -0.2) is 30.4 Å². The smallest absolute Gasteiger partial charge is 0.338 e. The number of esters is 1. The van der Waals surface area contributed by atoms with Gasteiger partial charge in [0.15, 0.2) is 6.10 Å². The lowest BCUT2D eigenvalue weighted by atomic mass is 10.1. The van der Waals surface area contributed by atoms with E-state index in [1.165, 1.54) is 6.92 Å². The van der Waals surface area contributed by atoms with Gasteiger partial charge in [0.25, 0.3) is 0 Å². The Kier molecular flexibility index (Phi) is 7.75. The van der Waals surface area contributed by atoms with Crippen molar-refractivity contribution in [3.8, 4) is 5.75 Å². The quantitative estimate of drug-likeness (QED) is 0.517. The number of ketones is 1. The van der Waals surface area contributed by atoms with Gasteiger partial charge in [-0.25, -0.2) is 4.79 Å². The minimum Gasteiger partial charge on any atom is -0.494 e. The number of ether oxygens (including phenoxy) is 2. The number of anilines is 1. The van der Waals surface area contributed by atoms with E-state index < -0.39 is 12.1 Å². The summed E-state index contributed by atoms with van der Waals surface area (Å²) in [5.74, 6) is -0.299. The van der Waals surface area contributed by atoms with Crippen LogP contribution in [0.1, 0.15) is 54.3 Å². The second kappa shape index (κ2) is 10.3. The molecule has 2 rings (SSSR count). The highest BCUT2D eigenvalue weighted by molar-refractivity contribution is 6.02. The van der Waals surface area contributed by atoms with Crippen molar-refractivity contribution < 1.29 is 23.9 Å². The third kappa shape index (κ3) is 5.94. The molecule has 0 spiro atoms. The predicted molar refractivity (Wildman–Crippen MR) is 107 cm³/mol. The van der Waals surface area contributed by atoms with E-state index >= 15 is 0 Å². The van der Waals surface area contributed by atoms with E-state index in [2.05, 4.69) is 5.32 Å². The van der Waals surface area contributed by atoms with Gasteiger partial charge in [-0.15, -0.1) is 0 Å². The predicted octanol–water partition coefficient (Wildman–Crippen LogP) is 4.25. The average Bonchev–Trinajstić information content (AvgIpc) is 2.69. The van der Waals surface area contributed by atoms with Gasteiger partial charge in [0.2, 0.25) is 11.7 Å². The number of hydrogen-bond donors (Lipinski definition) is 1. The van der Waals surface area contributed by atoms with Crippen LogP contribution in [0.3, 0.4) is 0 Å². The molecule has 0 heterocycles. The van der Waals surface area contributed by atoms with Crippen molar-refractivity contribution >= 4 is 23.3 Å². The molecule has 2 aromatic rings. The number of benzene rings is 2. The van der Waals surface area contributed by atoms with E-state index in [1.54, 1.807) is 48.5 Å². The fourth-order valence-corrected chi connectivity index (χ4v) is 2.54. The zero-order chi connectivity index (χ0) is 20.5. The van der Waals surface area contributed by atoms with Crippen molar-refractivity contribution in [3.05, 3.63) is 59.7 Å². The van der Waals surface area contributed by atoms with Gasteiger partial charge in [0.1, 0.15) is 5.75 Å². The molecule has 0 bridgehead atoms. The largest absolute Gasteiger partial charge is 0.494 e. The summed E-state index contributed by atoms with van der Waals surface area (Å²) >= 11 is 0. The van der Waals surface area contributed by atoms with Gasteiger partial charge < -0.3 is 14.8 Å². The Bertz CT molecular complexity index is 812. The molecule has 0 saturated carbocycles. The lowest BCUT2D eigenvalue weighted by molar-refractivity contribution is -0.116. The van der Waals surface area contributed by atoms with Crippen LogP contribution in [0.4, 0.5) is 5.69 Å². The Morgan fingerprint density at radius 2 is 1.54 bits per heavy atom. The first-order valence-electron chi connectivity index (χ1n) is 9.32. The maximum absolute atomic E-state index is 12.5. The van der Waals surface area contributed by atoms with Crippen molar-refractivity contribution in [2.45, 2.75) is 39.7 Å². The first-order chi connectivity index (χ1) is 13.4. The molecule has 0 radical (unpaired) electrons. The molecule has 0 aliphatic heterocycles. The third-order valence-electron chi connectivity index (χ3n) is 3.98. The first kappa shape index (κ1) is 21.2. The van der Waals surface area contributed by atoms with E-state index in [9.17, 15) is 14.4 Å². The zero-order valence-corrected chi connectivity index (χ0v) is 16.4. The summed E-state index contributed by atoms with van der Waals surface area (Å²) in [7, 11) is 0. The number of amides is 1. The molecule has 148 valence electrons. The minimum atomic E-state index is -0.931. The molecule has 6 nitrogen and oxygen atoms in total. The Morgan fingerprint density at radius 3 is 2.11 bits per heavy atom. The molecule has 0 fully saturated rings. The number of nitrogens with one attached hydrogen (secondary N) is 1. The lowest BCUT2D eigenvalue weighted by Gasteiger charge is -2.13. The molecule has 6 heteroatoms. The van der Waals surface area contributed by atoms with E-state index in [1.807, 2.05) is 13.8 Å². The van der Waals surface area contributed by atoms with E-state index in [4.69, 9.17) is 9.47 Å². The Balaban J connectivity index is 1.95. The monoisotopic (exact) mass is 383 g/mol. The van der Waals surface area contributed by atoms with Crippen molar-refractivity contribution in [2.24, 2.45) is 0 Å². The van der Waals surface area contributed by atoms with Gasteiger partial charge in [-0.2, -0.15) is 0 Å². The molecule has 0 aromatic heterocycles. The minimum absolute atomic E-state index is 0.0702. The number of carbonyl (C=O) groups is 3. The highest BCUT2D eigenvalue weighted by Gasteiger charge is 2.20. The summed E-state index contributed by atoms with van der Waals surface area (Å²) in [5.41, 5.74) is 1.37. The van der Waals surface area contributed by atoms with Crippen LogP contribution >= 0.6 is 0 Å². The van der Waals surface area contributed by atoms with Crippen molar-refractivity contribution in [2.75, 3.05) is 11.9 Å². The molecular weight excluding hydrogens is 358 g/mol. The van der Waals surface area contributed by atoms with Crippen LogP contribution in [0.5, 0.6) is 5.75 Å². The molecule has 2 aromatic carbocycles. The number of carbonyl (C=O) groups excluding carboxylic acids is 3. The SMILES string of the molecule is CCCC(=O)Nc1ccc(C(=O)C(C)OC(=O)c2ccc(OCC)cc2)cc1. The highest BCUT2D eigenvalue weighted by Crippen LogP contribution is 2.16. The molecule has 1 unspecified atom stereocenters. The maximum Gasteiger partial charge on any atom is 0.338 e. The first-order valence-corrected chi connectivity index (χ1v) is 9.32. The van der Waals surface area contributed by atoms with Crippen LogP contribution in [-0.2, 0) is 9.53 Å². The summed E-state index contributed by atoms with van der Waals surface area (Å²) in [6.07, 6.45) is 0.276. The van der Waals surface area contributed by atoms with Crippen LogP contribution in [0.2, 0.25) is 0 Å². The van der Waals surface area contributed by atoms with Crippen molar-refractivity contribution in [3.63, 3.8) is 0 Å². The summed E-state index contributed by atoms with van der Waals surface area (Å²) in [4.78, 5) is 36.3. The van der Waals surface area contributed by atoms with E-state index in [0.717, 1.165) is 6.42 Å². The third-order valence-corrected chi connectivity index (χ3v) is 3.98. The molecule has 1 amide bonds. The number of hydrogen-bond acceptors (Lipinski definition) is 5. The molecular formula is C22H25NO5. The molecule has 28 heavy (non-hydrogen) atoms. The second-order valence-electron chi connectivity index (χ2n) is 6.24. The number of rotatable bonds is 9. The maximum atomic E-state index is 12.5. The van der Waals surface area contributed by atoms with Crippen molar-refractivity contribution in [1.82, 2.24) is 0 Å². The fourth-order valence-electron chi connectivity index (χ4n) is 2.54. The highest BCUT2D eigenvalue weighted by atomic mass is 16.5. The van der Waals surface area contributed by atoms with Crippen molar-refractivity contribution in [1.29, 1.82) is 0 Å². The van der Waals surface area contributed by atoms with Gasteiger partial charge in [-0.3, -0.25) is 9.59 Å². The standard InChI is InChI=1S/C22H25NO5/c1-4-6-20(24)23-18-11-7-16(8-12-18)21(25)15(3)28-22(26)17-9-13-19(14-10-17)27-5-2/h7-15H,4-6H2,1-3H3,(H,23,24). The lowest BCUT2D eigenvalue weighted by Crippen LogP contribution is -2.24. The number of Topliss-reactive ketones (excluding diaryl/α,β-unsaturated/α-hetero) is 1. The molecule has 0 aliphatic carbocycles. The Hall–Kier alpha value is -3.15. The van der Waals surface area contributed by atoms with Gasteiger partial charge in [-0.1, -0.05) is 6.92 Å². The van der Waals surface area contributed by atoms with Gasteiger partial charge in [0, 0.05) is 17.7 Å². The normalized spacial score (nSPS) is 11.4. The second-order valence-corrected chi connectivity index (χ2v) is 6.24. The van der Waals surface area contributed by atoms with Gasteiger partial charge in [-0.05, 0) is 68.8 Å². The molecule has 1 N–H and O–H groups in total. The van der Waals surface area contributed by atoms with Crippen LogP contribution in [0.25, 0.3) is 0 Å². The summed E-state index contributed by atoms with van der Waals surface area (Å²) in [6, 6.07) is 13.1. The Labute approximate surface area is 164 Å². The molecule has 1 atom stereocenters. The summed E-state index contributed by atoms with van der Waals surface area (Å²) in [6.45, 7) is 5.88. The summed E-state index contributed by atoms with van der Waals surface area (Å²) < 4.78 is 10.6. The average molecular weight is 383 g/mol. The van der Waals surface area contributed by atoms with Crippen LogP contribution < -0.4 is 10.1 Å². The molecule has 0 saturated heterocycles. The fraction of sp³-hybridized carbons (Fsp3) is 0.318. The summed E-state index contributed by atoms with van der Waals surface area (Å²) in [5, 5.41) is 2.76. The van der Waals surface area contributed by atoms with Gasteiger partial charge in [0.05, 0.1) is 12.2 Å². The van der Waals surface area contributed by atoms with Crippen LogP contribution in [0, 0.1) is 0 Å². The zero-order valence-electron chi connectivity index (χ0n) is 16.4. The van der Waals surface area contributed by atoms with Gasteiger partial charge >= 0.3 is 5.97 Å². The topological polar surface area (TPSA) is 81.7 Å². The van der Waals surface area contributed by atoms with E-state index in [-0.39, 0.29) is 11.7 Å². The Morgan fingerprint density at radius 1 is 0.929 bits per heavy atom. The van der Waals surface area contributed by atoms with Crippen LogP contribution in [0.15, 0.2) is 48.5 Å². The van der Waals surface area contributed by atoms with E-state index in [0.29, 0.717) is 35.6 Å².